The zero-order valence-electron chi connectivity index (χ0n) is 14.3. The monoisotopic (exact) mass is 309 g/mol. The molecule has 0 aliphatic carbocycles. The van der Waals surface area contributed by atoms with E-state index >= 15 is 0 Å². The molecule has 2 N–H and O–H groups in total. The predicted molar refractivity (Wildman–Crippen MR) is 87.4 cm³/mol. The van der Waals surface area contributed by atoms with Crippen LogP contribution in [-0.4, -0.2) is 48.9 Å². The first kappa shape index (κ1) is 17.3. The Morgan fingerprint density at radius 1 is 1.36 bits per heavy atom. The lowest BCUT2D eigenvalue weighted by molar-refractivity contribution is -0.130. The number of nitrogens with one attached hydrogen (secondary N) is 2. The Morgan fingerprint density at radius 2 is 2.00 bits per heavy atom. The fraction of sp³-hybridized carbons (Fsp3) is 0.882. The summed E-state index contributed by atoms with van der Waals surface area (Å²) < 4.78 is 0. The smallest absolute Gasteiger partial charge is 0.225 e. The van der Waals surface area contributed by atoms with Gasteiger partial charge in [0.25, 0.3) is 0 Å². The Bertz CT molecular complexity index is 401. The van der Waals surface area contributed by atoms with E-state index in [1.54, 1.807) is 0 Å². The average molecular weight is 309 g/mol. The highest BCUT2D eigenvalue weighted by atomic mass is 16.2. The van der Waals surface area contributed by atoms with Crippen molar-refractivity contribution >= 4 is 11.8 Å². The van der Waals surface area contributed by atoms with Gasteiger partial charge >= 0.3 is 0 Å². The summed E-state index contributed by atoms with van der Waals surface area (Å²) in [4.78, 5) is 26.5. The third-order valence-electron chi connectivity index (χ3n) is 5.41. The zero-order valence-corrected chi connectivity index (χ0v) is 14.3. The second-order valence-electron chi connectivity index (χ2n) is 7.20. The van der Waals surface area contributed by atoms with Crippen molar-refractivity contribution in [2.24, 2.45) is 11.3 Å². The van der Waals surface area contributed by atoms with Crippen molar-refractivity contribution in [3.05, 3.63) is 0 Å². The molecule has 2 saturated heterocycles. The van der Waals surface area contributed by atoms with Crippen LogP contribution in [0.5, 0.6) is 0 Å². The molecule has 1 atom stereocenters. The molecule has 2 fully saturated rings. The van der Waals surface area contributed by atoms with Gasteiger partial charge in [-0.15, -0.1) is 0 Å². The highest BCUT2D eigenvalue weighted by Crippen LogP contribution is 2.28. The maximum absolute atomic E-state index is 12.4. The van der Waals surface area contributed by atoms with Crippen molar-refractivity contribution in [2.75, 3.05) is 26.2 Å². The molecule has 22 heavy (non-hydrogen) atoms. The highest BCUT2D eigenvalue weighted by molar-refractivity contribution is 5.89. The van der Waals surface area contributed by atoms with Crippen LogP contribution in [0.4, 0.5) is 0 Å². The molecule has 126 valence electrons. The molecule has 1 unspecified atom stereocenters. The van der Waals surface area contributed by atoms with Crippen LogP contribution in [0.2, 0.25) is 0 Å². The third kappa shape index (κ3) is 4.00. The Labute approximate surface area is 134 Å². The number of hydrogen-bond acceptors (Lipinski definition) is 3. The Morgan fingerprint density at radius 3 is 2.59 bits per heavy atom. The lowest BCUT2D eigenvalue weighted by atomic mass is 9.81. The van der Waals surface area contributed by atoms with Crippen LogP contribution in [0.3, 0.4) is 0 Å². The van der Waals surface area contributed by atoms with Crippen molar-refractivity contribution in [3.8, 4) is 0 Å². The Hall–Kier alpha value is -1.10. The summed E-state index contributed by atoms with van der Waals surface area (Å²) in [5.74, 6) is 0.0295. The highest BCUT2D eigenvalue weighted by Gasteiger charge is 2.37. The van der Waals surface area contributed by atoms with Crippen molar-refractivity contribution in [1.82, 2.24) is 15.5 Å². The van der Waals surface area contributed by atoms with E-state index in [9.17, 15) is 9.59 Å². The van der Waals surface area contributed by atoms with E-state index in [-0.39, 0.29) is 29.2 Å². The zero-order chi connectivity index (χ0) is 16.2. The quantitative estimate of drug-likeness (QED) is 0.782. The van der Waals surface area contributed by atoms with Gasteiger partial charge in [-0.3, -0.25) is 9.59 Å². The number of piperidine rings is 1. The predicted octanol–water partition coefficient (Wildman–Crippen LogP) is 1.53. The minimum atomic E-state index is -0.168. The standard InChI is InChI=1S/C17H31N3O2/c1-4-14(5-2)20-11-13(10-15(20)21)16(22)19-12-17(3)6-8-18-9-7-17/h13-14,18H,4-12H2,1-3H3,(H,19,22). The topological polar surface area (TPSA) is 61.4 Å². The largest absolute Gasteiger partial charge is 0.355 e. The summed E-state index contributed by atoms with van der Waals surface area (Å²) in [5.41, 5.74) is 0.193. The van der Waals surface area contributed by atoms with Gasteiger partial charge in [0, 0.05) is 25.6 Å². The van der Waals surface area contributed by atoms with Gasteiger partial charge in [-0.1, -0.05) is 20.8 Å². The number of rotatable bonds is 6. The molecule has 0 saturated carbocycles. The molecule has 2 heterocycles. The van der Waals surface area contributed by atoms with Gasteiger partial charge < -0.3 is 15.5 Å². The van der Waals surface area contributed by atoms with E-state index < -0.39 is 0 Å². The molecule has 0 spiro atoms. The van der Waals surface area contributed by atoms with Gasteiger partial charge in [0.1, 0.15) is 0 Å². The number of likely N-dealkylation sites (tertiary alicyclic amines) is 1. The van der Waals surface area contributed by atoms with Crippen molar-refractivity contribution in [2.45, 2.75) is 58.9 Å². The molecule has 2 aliphatic heterocycles. The molecule has 0 radical (unpaired) electrons. The van der Waals surface area contributed by atoms with E-state index in [1.165, 1.54) is 0 Å². The average Bonchev–Trinajstić information content (AvgIpc) is 2.89. The molecule has 0 aromatic carbocycles. The minimum Gasteiger partial charge on any atom is -0.355 e. The normalized spacial score (nSPS) is 24.8. The summed E-state index contributed by atoms with van der Waals surface area (Å²) >= 11 is 0. The van der Waals surface area contributed by atoms with E-state index in [0.717, 1.165) is 45.3 Å². The maximum Gasteiger partial charge on any atom is 0.225 e. The number of carbonyl (C=O) groups excluding carboxylic acids is 2. The fourth-order valence-corrected chi connectivity index (χ4v) is 3.64. The number of hydrogen-bond donors (Lipinski definition) is 2. The van der Waals surface area contributed by atoms with Crippen LogP contribution in [0.25, 0.3) is 0 Å². The van der Waals surface area contributed by atoms with Crippen LogP contribution in [0.1, 0.15) is 52.9 Å². The number of carbonyl (C=O) groups is 2. The molecule has 2 aliphatic rings. The molecule has 0 bridgehead atoms. The molecule has 5 heteroatoms. The second kappa shape index (κ2) is 7.44. The van der Waals surface area contributed by atoms with Gasteiger partial charge in [-0.05, 0) is 44.2 Å². The lowest BCUT2D eigenvalue weighted by Crippen LogP contribution is -2.44. The van der Waals surface area contributed by atoms with Crippen LogP contribution >= 0.6 is 0 Å². The summed E-state index contributed by atoms with van der Waals surface area (Å²) in [6, 6.07) is 0.284. The maximum atomic E-state index is 12.4. The van der Waals surface area contributed by atoms with Crippen LogP contribution in [-0.2, 0) is 9.59 Å². The van der Waals surface area contributed by atoms with Crippen LogP contribution in [0.15, 0.2) is 0 Å². The SMILES string of the molecule is CCC(CC)N1CC(C(=O)NCC2(C)CCNCC2)CC1=O. The van der Waals surface area contributed by atoms with Gasteiger partial charge in [0.2, 0.25) is 11.8 Å². The first-order chi connectivity index (χ1) is 10.5. The summed E-state index contributed by atoms with van der Waals surface area (Å²) in [5, 5.41) is 6.46. The van der Waals surface area contributed by atoms with E-state index in [4.69, 9.17) is 0 Å². The molecule has 0 aromatic heterocycles. The van der Waals surface area contributed by atoms with Gasteiger partial charge in [0.15, 0.2) is 0 Å². The fourth-order valence-electron chi connectivity index (χ4n) is 3.64. The molecule has 2 amide bonds. The first-order valence-corrected chi connectivity index (χ1v) is 8.77. The summed E-state index contributed by atoms with van der Waals surface area (Å²) in [7, 11) is 0. The van der Waals surface area contributed by atoms with Crippen molar-refractivity contribution in [3.63, 3.8) is 0 Å². The van der Waals surface area contributed by atoms with Gasteiger partial charge in [0.05, 0.1) is 5.92 Å². The second-order valence-corrected chi connectivity index (χ2v) is 7.20. The van der Waals surface area contributed by atoms with Gasteiger partial charge in [-0.25, -0.2) is 0 Å². The number of nitrogens with zero attached hydrogens (tertiary/aromatic N) is 1. The molecule has 5 nitrogen and oxygen atoms in total. The van der Waals surface area contributed by atoms with E-state index in [2.05, 4.69) is 31.4 Å². The van der Waals surface area contributed by atoms with Gasteiger partial charge in [-0.2, -0.15) is 0 Å². The molecule has 0 aromatic rings. The summed E-state index contributed by atoms with van der Waals surface area (Å²) in [6.45, 7) is 9.82. The molecular weight excluding hydrogens is 278 g/mol. The molecule has 2 rings (SSSR count). The third-order valence-corrected chi connectivity index (χ3v) is 5.41. The van der Waals surface area contributed by atoms with Crippen LogP contribution < -0.4 is 10.6 Å². The van der Waals surface area contributed by atoms with Crippen LogP contribution in [0, 0.1) is 11.3 Å². The Balaban J connectivity index is 1.84. The Kier molecular flexibility index (Phi) is 5.84. The first-order valence-electron chi connectivity index (χ1n) is 8.77. The van der Waals surface area contributed by atoms with E-state index in [1.807, 2.05) is 4.90 Å². The lowest BCUT2D eigenvalue weighted by Gasteiger charge is -2.34. The summed E-state index contributed by atoms with van der Waals surface area (Å²) in [6.07, 6.45) is 4.48. The van der Waals surface area contributed by atoms with Crippen molar-refractivity contribution < 1.29 is 9.59 Å². The van der Waals surface area contributed by atoms with Crippen molar-refractivity contribution in [1.29, 1.82) is 0 Å². The van der Waals surface area contributed by atoms with E-state index in [0.29, 0.717) is 13.0 Å². The minimum absolute atomic E-state index is 0.0570. The number of amides is 2. The molecular formula is C17H31N3O2.